The van der Waals surface area contributed by atoms with Crippen LogP contribution in [0.3, 0.4) is 0 Å². The highest BCUT2D eigenvalue weighted by molar-refractivity contribution is 9.10. The number of benzene rings is 2. The second kappa shape index (κ2) is 6.72. The van der Waals surface area contributed by atoms with Gasteiger partial charge in [-0.1, -0.05) is 22.9 Å². The van der Waals surface area contributed by atoms with Gasteiger partial charge in [-0.2, -0.15) is 0 Å². The molecular weight excluding hydrogens is 335 g/mol. The maximum Gasteiger partial charge on any atom is 0.261 e. The second-order valence-corrected chi connectivity index (χ2v) is 5.59. The van der Waals surface area contributed by atoms with E-state index in [0.717, 1.165) is 6.42 Å². The molecule has 110 valence electrons. The molecule has 0 saturated heterocycles. The van der Waals surface area contributed by atoms with Crippen LogP contribution in [0.5, 0.6) is 0 Å². The van der Waals surface area contributed by atoms with Gasteiger partial charge in [-0.05, 0) is 48.9 Å². The van der Waals surface area contributed by atoms with Gasteiger partial charge in [-0.25, -0.2) is 4.39 Å². The van der Waals surface area contributed by atoms with Crippen LogP contribution in [0.25, 0.3) is 0 Å². The van der Waals surface area contributed by atoms with Gasteiger partial charge >= 0.3 is 0 Å². The van der Waals surface area contributed by atoms with Gasteiger partial charge in [0.1, 0.15) is 5.82 Å². The first kappa shape index (κ1) is 15.5. The molecule has 1 amide bonds. The molecule has 0 aliphatic carbocycles. The Morgan fingerprint density at radius 2 is 1.90 bits per heavy atom. The van der Waals surface area contributed by atoms with Crippen LogP contribution in [0.4, 0.5) is 15.8 Å². The van der Waals surface area contributed by atoms with Crippen molar-refractivity contribution in [2.75, 3.05) is 17.2 Å². The summed E-state index contributed by atoms with van der Waals surface area (Å²) in [6.45, 7) is 2.48. The number of anilines is 2. The lowest BCUT2D eigenvalue weighted by Gasteiger charge is -2.23. The van der Waals surface area contributed by atoms with E-state index in [0.29, 0.717) is 22.4 Å². The van der Waals surface area contributed by atoms with Crippen LogP contribution in [0.15, 0.2) is 46.9 Å². The largest absolute Gasteiger partial charge is 0.399 e. The lowest BCUT2D eigenvalue weighted by molar-refractivity contribution is 0.0983. The van der Waals surface area contributed by atoms with Gasteiger partial charge in [-0.15, -0.1) is 0 Å². The number of nitrogens with two attached hydrogens (primary N) is 1. The van der Waals surface area contributed by atoms with E-state index in [1.807, 2.05) is 6.92 Å². The molecule has 0 atom stereocenters. The van der Waals surface area contributed by atoms with Gasteiger partial charge in [0.15, 0.2) is 0 Å². The molecule has 0 heterocycles. The summed E-state index contributed by atoms with van der Waals surface area (Å²) in [5.74, 6) is -0.889. The Morgan fingerprint density at radius 3 is 2.52 bits per heavy atom. The molecule has 0 bridgehead atoms. The summed E-state index contributed by atoms with van der Waals surface area (Å²) >= 11 is 3.26. The summed E-state index contributed by atoms with van der Waals surface area (Å²) in [6.07, 6.45) is 0.770. The number of halogens is 2. The van der Waals surface area contributed by atoms with E-state index < -0.39 is 5.82 Å². The zero-order valence-electron chi connectivity index (χ0n) is 11.6. The molecule has 0 saturated carbocycles. The van der Waals surface area contributed by atoms with Crippen molar-refractivity contribution in [2.24, 2.45) is 0 Å². The lowest BCUT2D eigenvalue weighted by Crippen LogP contribution is -2.32. The van der Waals surface area contributed by atoms with E-state index in [1.54, 1.807) is 35.2 Å². The van der Waals surface area contributed by atoms with Crippen LogP contribution >= 0.6 is 15.9 Å². The normalized spacial score (nSPS) is 10.4. The highest BCUT2D eigenvalue weighted by Crippen LogP contribution is 2.22. The summed E-state index contributed by atoms with van der Waals surface area (Å²) in [5.41, 5.74) is 7.04. The Hall–Kier alpha value is -1.88. The van der Waals surface area contributed by atoms with E-state index in [9.17, 15) is 9.18 Å². The first-order valence-electron chi connectivity index (χ1n) is 6.65. The number of nitrogen functional groups attached to an aromatic ring is 1. The van der Waals surface area contributed by atoms with Gasteiger partial charge in [0, 0.05) is 22.4 Å². The van der Waals surface area contributed by atoms with Crippen molar-refractivity contribution in [1.29, 1.82) is 0 Å². The van der Waals surface area contributed by atoms with Crippen molar-refractivity contribution >= 4 is 33.2 Å². The minimum atomic E-state index is -0.528. The van der Waals surface area contributed by atoms with Crippen LogP contribution in [-0.4, -0.2) is 12.5 Å². The van der Waals surface area contributed by atoms with Crippen LogP contribution in [-0.2, 0) is 0 Å². The third-order valence-corrected chi connectivity index (χ3v) is 3.55. The van der Waals surface area contributed by atoms with Crippen LogP contribution in [0, 0.1) is 5.82 Å². The zero-order valence-corrected chi connectivity index (χ0v) is 13.2. The number of nitrogens with zero attached hydrogens (tertiary/aromatic N) is 1. The average molecular weight is 351 g/mol. The van der Waals surface area contributed by atoms with Crippen molar-refractivity contribution < 1.29 is 9.18 Å². The Bertz CT molecular complexity index is 643. The Kier molecular flexibility index (Phi) is 4.96. The molecule has 2 aromatic rings. The van der Waals surface area contributed by atoms with E-state index in [-0.39, 0.29) is 11.5 Å². The highest BCUT2D eigenvalue weighted by Gasteiger charge is 2.20. The molecule has 0 aromatic heterocycles. The molecular formula is C16H16BrFN2O. The Balaban J connectivity index is 2.39. The van der Waals surface area contributed by atoms with Crippen LogP contribution in [0.2, 0.25) is 0 Å². The SMILES string of the molecule is CCCN(C(=O)c1cc(Br)ccc1F)c1ccc(N)cc1. The molecule has 2 aromatic carbocycles. The molecule has 3 nitrogen and oxygen atoms in total. The number of hydrogen-bond acceptors (Lipinski definition) is 2. The number of rotatable bonds is 4. The summed E-state index contributed by atoms with van der Waals surface area (Å²) in [4.78, 5) is 14.2. The maximum atomic E-state index is 13.9. The Morgan fingerprint density at radius 1 is 1.24 bits per heavy atom. The first-order valence-corrected chi connectivity index (χ1v) is 7.44. The van der Waals surface area contributed by atoms with E-state index in [1.165, 1.54) is 12.1 Å². The predicted octanol–water partition coefficient (Wildman–Crippen LogP) is 4.23. The zero-order chi connectivity index (χ0) is 15.4. The van der Waals surface area contributed by atoms with Gasteiger partial charge in [0.25, 0.3) is 5.91 Å². The molecule has 0 aliphatic heterocycles. The van der Waals surface area contributed by atoms with Crippen LogP contribution in [0.1, 0.15) is 23.7 Å². The summed E-state index contributed by atoms with van der Waals surface area (Å²) in [5, 5.41) is 0. The van der Waals surface area contributed by atoms with E-state index in [4.69, 9.17) is 5.73 Å². The summed E-state index contributed by atoms with van der Waals surface area (Å²) in [7, 11) is 0. The number of hydrogen-bond donors (Lipinski definition) is 1. The monoisotopic (exact) mass is 350 g/mol. The molecule has 0 aliphatic rings. The van der Waals surface area contributed by atoms with E-state index in [2.05, 4.69) is 15.9 Å². The van der Waals surface area contributed by atoms with Crippen molar-refractivity contribution in [3.63, 3.8) is 0 Å². The maximum absolute atomic E-state index is 13.9. The number of amides is 1. The van der Waals surface area contributed by atoms with Crippen LogP contribution < -0.4 is 10.6 Å². The predicted molar refractivity (Wildman–Crippen MR) is 86.9 cm³/mol. The third-order valence-electron chi connectivity index (χ3n) is 3.06. The fourth-order valence-corrected chi connectivity index (χ4v) is 2.39. The minimum Gasteiger partial charge on any atom is -0.399 e. The molecule has 21 heavy (non-hydrogen) atoms. The quantitative estimate of drug-likeness (QED) is 0.838. The van der Waals surface area contributed by atoms with Gasteiger partial charge in [-0.3, -0.25) is 4.79 Å². The smallest absolute Gasteiger partial charge is 0.261 e. The molecule has 0 spiro atoms. The van der Waals surface area contributed by atoms with Crippen molar-refractivity contribution in [3.8, 4) is 0 Å². The highest BCUT2D eigenvalue weighted by atomic mass is 79.9. The standard InChI is InChI=1S/C16H16BrFN2O/c1-2-9-20(13-6-4-12(19)5-7-13)16(21)14-10-11(17)3-8-15(14)18/h3-8,10H,2,9,19H2,1H3. The van der Waals surface area contributed by atoms with Crippen molar-refractivity contribution in [2.45, 2.75) is 13.3 Å². The Labute approximate surface area is 131 Å². The molecule has 0 fully saturated rings. The fraction of sp³-hybridized carbons (Fsp3) is 0.188. The molecule has 5 heteroatoms. The average Bonchev–Trinajstić information content (AvgIpc) is 2.48. The molecule has 0 radical (unpaired) electrons. The van der Waals surface area contributed by atoms with Gasteiger partial charge in [0.05, 0.1) is 5.56 Å². The molecule has 0 unspecified atom stereocenters. The van der Waals surface area contributed by atoms with Gasteiger partial charge < -0.3 is 10.6 Å². The lowest BCUT2D eigenvalue weighted by atomic mass is 10.1. The summed E-state index contributed by atoms with van der Waals surface area (Å²) in [6, 6.07) is 11.3. The topological polar surface area (TPSA) is 46.3 Å². The fourth-order valence-electron chi connectivity index (χ4n) is 2.03. The number of carbonyl (C=O) groups is 1. The van der Waals surface area contributed by atoms with E-state index >= 15 is 0 Å². The third kappa shape index (κ3) is 3.61. The number of carbonyl (C=O) groups excluding carboxylic acids is 1. The molecule has 2 N–H and O–H groups in total. The summed E-state index contributed by atoms with van der Waals surface area (Å²) < 4.78 is 14.6. The van der Waals surface area contributed by atoms with Crippen molar-refractivity contribution in [1.82, 2.24) is 0 Å². The second-order valence-electron chi connectivity index (χ2n) is 4.67. The first-order chi connectivity index (χ1) is 10.0. The van der Waals surface area contributed by atoms with Crippen molar-refractivity contribution in [3.05, 3.63) is 58.3 Å². The van der Waals surface area contributed by atoms with Gasteiger partial charge in [0.2, 0.25) is 0 Å². The minimum absolute atomic E-state index is 0.0506. The molecule has 2 rings (SSSR count).